The van der Waals surface area contributed by atoms with Gasteiger partial charge in [-0.3, -0.25) is 0 Å². The van der Waals surface area contributed by atoms with Gasteiger partial charge < -0.3 is 14.2 Å². The molecule has 0 atom stereocenters. The number of rotatable bonds is 5. The fourth-order valence-electron chi connectivity index (χ4n) is 1.42. The molecule has 0 N–H and O–H groups in total. The number of halogens is 5. The highest BCUT2D eigenvalue weighted by Crippen LogP contribution is 2.33. The van der Waals surface area contributed by atoms with Crippen LogP contribution in [-0.4, -0.2) is 25.6 Å². The molecule has 0 heterocycles. The van der Waals surface area contributed by atoms with Gasteiger partial charge in [-0.1, -0.05) is 0 Å². The molecule has 0 fully saturated rings. The molecule has 10 heteroatoms. The van der Waals surface area contributed by atoms with Gasteiger partial charge in [-0.05, 0) is 13.0 Å². The molecule has 0 aliphatic rings. The van der Waals surface area contributed by atoms with E-state index in [1.807, 2.05) is 0 Å². The number of carbonyl (C=O) groups excluding carboxylic acids is 1. The second-order valence-corrected chi connectivity index (χ2v) is 3.60. The molecule has 22 heavy (non-hydrogen) atoms. The minimum Gasteiger partial charge on any atom is -0.462 e. The van der Waals surface area contributed by atoms with E-state index in [4.69, 9.17) is 5.26 Å². The molecule has 1 rings (SSSR count). The minimum atomic E-state index is -5.15. The Bertz CT molecular complexity index is 594. The van der Waals surface area contributed by atoms with Crippen LogP contribution in [0.4, 0.5) is 22.0 Å². The molecule has 0 aliphatic heterocycles. The number of alkyl halides is 5. The van der Waals surface area contributed by atoms with E-state index in [-0.39, 0.29) is 6.61 Å². The Kier molecular flexibility index (Phi) is 5.50. The summed E-state index contributed by atoms with van der Waals surface area (Å²) < 4.78 is 73.3. The maximum atomic E-state index is 12.3. The van der Waals surface area contributed by atoms with E-state index in [0.717, 1.165) is 0 Å². The van der Waals surface area contributed by atoms with Crippen molar-refractivity contribution in [1.82, 2.24) is 0 Å². The molecule has 5 nitrogen and oxygen atoms in total. The Labute approximate surface area is 120 Å². The normalized spacial score (nSPS) is 11.0. The van der Waals surface area contributed by atoms with Crippen molar-refractivity contribution in [2.75, 3.05) is 6.61 Å². The van der Waals surface area contributed by atoms with Crippen LogP contribution < -0.4 is 9.47 Å². The Balaban J connectivity index is 3.38. The second-order valence-electron chi connectivity index (χ2n) is 3.60. The molecular weight excluding hydrogens is 317 g/mol. The smallest absolute Gasteiger partial charge is 0.462 e. The van der Waals surface area contributed by atoms with Crippen molar-refractivity contribution in [3.63, 3.8) is 0 Å². The van der Waals surface area contributed by atoms with E-state index < -0.39 is 41.6 Å². The van der Waals surface area contributed by atoms with Gasteiger partial charge >= 0.3 is 18.9 Å². The van der Waals surface area contributed by atoms with Gasteiger partial charge in [0.25, 0.3) is 0 Å². The molecular formula is C12H8F5NO4. The van der Waals surface area contributed by atoms with Crippen LogP contribution >= 0.6 is 0 Å². The molecule has 0 aliphatic carbocycles. The maximum absolute atomic E-state index is 12.3. The van der Waals surface area contributed by atoms with Crippen LogP contribution in [0.25, 0.3) is 0 Å². The number of nitriles is 1. The van der Waals surface area contributed by atoms with Crippen LogP contribution in [0.2, 0.25) is 0 Å². The first-order valence-electron chi connectivity index (χ1n) is 5.63. The van der Waals surface area contributed by atoms with Crippen LogP contribution in [-0.2, 0) is 4.74 Å². The van der Waals surface area contributed by atoms with Crippen LogP contribution in [0.15, 0.2) is 12.1 Å². The first-order chi connectivity index (χ1) is 10.2. The number of benzene rings is 1. The van der Waals surface area contributed by atoms with Gasteiger partial charge in [0.1, 0.15) is 17.4 Å². The second kappa shape index (κ2) is 6.93. The molecule has 0 unspecified atom stereocenters. The Morgan fingerprint density at radius 2 is 1.95 bits per heavy atom. The molecule has 0 bridgehead atoms. The average molecular weight is 325 g/mol. The summed E-state index contributed by atoms with van der Waals surface area (Å²) in [6, 6.07) is 2.36. The molecule has 120 valence electrons. The molecule has 1 aromatic rings. The fraction of sp³-hybridized carbons (Fsp3) is 0.333. The molecule has 0 saturated heterocycles. The number of nitrogens with zero attached hydrogens (tertiary/aromatic N) is 1. The standard InChI is InChI=1S/C12H8F5NO4/c1-2-20-10(19)7-3-6(5-18)8(22-12(15,16)17)4-9(7)21-11(13)14/h3-4,11H,2H2,1H3. The van der Waals surface area contributed by atoms with Crippen LogP contribution in [0.1, 0.15) is 22.8 Å². The van der Waals surface area contributed by atoms with E-state index in [9.17, 15) is 26.7 Å². The van der Waals surface area contributed by atoms with Gasteiger partial charge in [-0.2, -0.15) is 14.0 Å². The van der Waals surface area contributed by atoms with Crippen molar-refractivity contribution in [3.8, 4) is 17.6 Å². The summed E-state index contributed by atoms with van der Waals surface area (Å²) in [6.45, 7) is -2.09. The molecule has 1 aromatic carbocycles. The van der Waals surface area contributed by atoms with Gasteiger partial charge in [0.2, 0.25) is 0 Å². The van der Waals surface area contributed by atoms with Gasteiger partial charge in [0, 0.05) is 6.07 Å². The van der Waals surface area contributed by atoms with Crippen molar-refractivity contribution < 1.29 is 41.0 Å². The molecule has 0 amide bonds. The lowest BCUT2D eigenvalue weighted by Gasteiger charge is -2.15. The van der Waals surface area contributed by atoms with Crippen LogP contribution in [0.3, 0.4) is 0 Å². The van der Waals surface area contributed by atoms with Crippen LogP contribution in [0, 0.1) is 11.3 Å². The van der Waals surface area contributed by atoms with Crippen LogP contribution in [0.5, 0.6) is 11.5 Å². The Morgan fingerprint density at radius 3 is 2.41 bits per heavy atom. The van der Waals surface area contributed by atoms with Crippen molar-refractivity contribution in [2.45, 2.75) is 19.9 Å². The average Bonchev–Trinajstić information content (AvgIpc) is 2.36. The summed E-state index contributed by atoms with van der Waals surface area (Å²) in [6.07, 6.45) is -5.15. The third-order valence-corrected chi connectivity index (χ3v) is 2.14. The summed E-state index contributed by atoms with van der Waals surface area (Å²) in [5, 5.41) is 8.79. The molecule has 0 saturated carbocycles. The predicted octanol–water partition coefficient (Wildman–Crippen LogP) is 3.23. The zero-order chi connectivity index (χ0) is 16.9. The molecule has 0 radical (unpaired) electrons. The van der Waals surface area contributed by atoms with E-state index in [0.29, 0.717) is 12.1 Å². The fourth-order valence-corrected chi connectivity index (χ4v) is 1.42. The summed E-state index contributed by atoms with van der Waals surface area (Å²) in [5.41, 5.74) is -1.31. The maximum Gasteiger partial charge on any atom is 0.573 e. The Morgan fingerprint density at radius 1 is 1.32 bits per heavy atom. The molecule has 0 aromatic heterocycles. The van der Waals surface area contributed by atoms with E-state index in [2.05, 4.69) is 14.2 Å². The zero-order valence-corrected chi connectivity index (χ0v) is 10.9. The third kappa shape index (κ3) is 4.76. The topological polar surface area (TPSA) is 68.6 Å². The highest BCUT2D eigenvalue weighted by molar-refractivity contribution is 5.93. The predicted molar refractivity (Wildman–Crippen MR) is 60.4 cm³/mol. The number of ether oxygens (including phenoxy) is 3. The Hall–Kier alpha value is -2.57. The number of hydrogen-bond donors (Lipinski definition) is 0. The van der Waals surface area contributed by atoms with Crippen molar-refractivity contribution >= 4 is 5.97 Å². The summed E-state index contributed by atoms with van der Waals surface area (Å²) in [5.74, 6) is -3.10. The summed E-state index contributed by atoms with van der Waals surface area (Å²) in [4.78, 5) is 11.6. The number of carbonyl (C=O) groups is 1. The van der Waals surface area contributed by atoms with Crippen molar-refractivity contribution in [1.29, 1.82) is 5.26 Å². The van der Waals surface area contributed by atoms with E-state index >= 15 is 0 Å². The molecule has 0 spiro atoms. The largest absolute Gasteiger partial charge is 0.573 e. The van der Waals surface area contributed by atoms with E-state index in [1.165, 1.54) is 13.0 Å². The SMILES string of the molecule is CCOC(=O)c1cc(C#N)c(OC(F)(F)F)cc1OC(F)F. The lowest BCUT2D eigenvalue weighted by atomic mass is 10.1. The lowest BCUT2D eigenvalue weighted by Crippen LogP contribution is -2.19. The number of esters is 1. The van der Waals surface area contributed by atoms with Crippen molar-refractivity contribution in [3.05, 3.63) is 23.3 Å². The van der Waals surface area contributed by atoms with Crippen molar-refractivity contribution in [2.24, 2.45) is 0 Å². The summed E-state index contributed by atoms with van der Waals surface area (Å²) in [7, 11) is 0. The van der Waals surface area contributed by atoms with E-state index in [1.54, 1.807) is 0 Å². The lowest BCUT2D eigenvalue weighted by molar-refractivity contribution is -0.274. The third-order valence-electron chi connectivity index (χ3n) is 2.14. The highest BCUT2D eigenvalue weighted by atomic mass is 19.4. The first kappa shape index (κ1) is 17.5. The minimum absolute atomic E-state index is 0.115. The van der Waals surface area contributed by atoms with Gasteiger partial charge in [-0.15, -0.1) is 13.2 Å². The van der Waals surface area contributed by atoms with Gasteiger partial charge in [0.15, 0.2) is 5.75 Å². The van der Waals surface area contributed by atoms with Gasteiger partial charge in [-0.25, -0.2) is 4.79 Å². The zero-order valence-electron chi connectivity index (χ0n) is 10.9. The quantitative estimate of drug-likeness (QED) is 0.614. The summed E-state index contributed by atoms with van der Waals surface area (Å²) >= 11 is 0. The number of hydrogen-bond acceptors (Lipinski definition) is 5. The highest BCUT2D eigenvalue weighted by Gasteiger charge is 2.33. The monoisotopic (exact) mass is 325 g/mol. The first-order valence-corrected chi connectivity index (χ1v) is 5.63. The van der Waals surface area contributed by atoms with Gasteiger partial charge in [0.05, 0.1) is 12.2 Å².